The van der Waals surface area contributed by atoms with Gasteiger partial charge in [0.25, 0.3) is 5.91 Å². The highest BCUT2D eigenvalue weighted by Gasteiger charge is 2.44. The molecule has 0 aromatic heterocycles. The Morgan fingerprint density at radius 1 is 0.789 bits per heavy atom. The molecule has 9 nitrogen and oxygen atoms in total. The molecule has 1 aliphatic heterocycles. The molecule has 0 unspecified atom stereocenters. The Labute approximate surface area is 226 Å². The van der Waals surface area contributed by atoms with Crippen molar-refractivity contribution in [2.24, 2.45) is 0 Å². The van der Waals surface area contributed by atoms with E-state index in [2.05, 4.69) is 5.32 Å². The minimum atomic E-state index is -0.853. The molecule has 0 aliphatic carbocycles. The van der Waals surface area contributed by atoms with Gasteiger partial charge >= 0.3 is 0 Å². The first-order chi connectivity index (χ1) is 18.3. The number of likely N-dealkylation sites (N-methyl/N-ethyl adjacent to an activating group) is 1. The molecule has 3 aromatic rings. The minimum Gasteiger partial charge on any atom is -0.495 e. The number of nitrogens with one attached hydrogen (secondary N) is 1. The Balaban J connectivity index is 1.92. The predicted octanol–water partition coefficient (Wildman–Crippen LogP) is 4.93. The lowest BCUT2D eigenvalue weighted by molar-refractivity contribution is -0.119. The summed E-state index contributed by atoms with van der Waals surface area (Å²) >= 11 is 6.21. The van der Waals surface area contributed by atoms with Crippen LogP contribution in [0.15, 0.2) is 48.5 Å². The van der Waals surface area contributed by atoms with Crippen LogP contribution >= 0.6 is 11.6 Å². The SMILES string of the molecule is COc1ccc(Cl)cc1NC(=O)[C@@H]1c2cc(OC)c(OC)cc2C(=O)N(C)[C@H]1c1ccc(OC)c(OC)c1. The number of carbonyl (C=O) groups is 2. The zero-order chi connectivity index (χ0) is 27.6. The molecule has 0 saturated carbocycles. The van der Waals surface area contributed by atoms with Gasteiger partial charge in [-0.15, -0.1) is 0 Å². The molecule has 0 spiro atoms. The van der Waals surface area contributed by atoms with Crippen LogP contribution in [0.1, 0.15) is 33.4 Å². The van der Waals surface area contributed by atoms with Crippen LogP contribution < -0.4 is 29.0 Å². The second-order valence-corrected chi connectivity index (χ2v) is 9.02. The van der Waals surface area contributed by atoms with Gasteiger partial charge in [0.05, 0.1) is 53.2 Å². The van der Waals surface area contributed by atoms with E-state index in [0.717, 1.165) is 0 Å². The van der Waals surface area contributed by atoms with Crippen LogP contribution in [-0.2, 0) is 4.79 Å². The number of hydrogen-bond acceptors (Lipinski definition) is 7. The molecule has 1 aliphatic rings. The number of halogens is 1. The fourth-order valence-electron chi connectivity index (χ4n) is 4.77. The van der Waals surface area contributed by atoms with Gasteiger partial charge in [0.2, 0.25) is 5.91 Å². The molecule has 10 heteroatoms. The molecule has 1 heterocycles. The number of amides is 2. The van der Waals surface area contributed by atoms with E-state index in [1.54, 1.807) is 56.6 Å². The molecule has 0 radical (unpaired) electrons. The highest BCUT2D eigenvalue weighted by atomic mass is 35.5. The Kier molecular flexibility index (Phi) is 7.87. The minimum absolute atomic E-state index is 0.273. The van der Waals surface area contributed by atoms with Crippen LogP contribution in [0.4, 0.5) is 5.69 Å². The van der Waals surface area contributed by atoms with Crippen LogP contribution in [0.25, 0.3) is 0 Å². The maximum Gasteiger partial charge on any atom is 0.254 e. The molecule has 1 N–H and O–H groups in total. The van der Waals surface area contributed by atoms with E-state index in [0.29, 0.717) is 56.1 Å². The number of fused-ring (bicyclic) bond motifs is 1. The number of methoxy groups -OCH3 is 5. The smallest absolute Gasteiger partial charge is 0.254 e. The molecular formula is C28H29ClN2O7. The normalized spacial score (nSPS) is 16.4. The monoisotopic (exact) mass is 540 g/mol. The van der Waals surface area contributed by atoms with Gasteiger partial charge in [-0.05, 0) is 53.6 Å². The van der Waals surface area contributed by atoms with Gasteiger partial charge in [-0.25, -0.2) is 0 Å². The van der Waals surface area contributed by atoms with Gasteiger partial charge in [-0.3, -0.25) is 9.59 Å². The summed E-state index contributed by atoms with van der Waals surface area (Å²) in [5.41, 5.74) is 1.90. The second kappa shape index (κ2) is 11.1. The van der Waals surface area contributed by atoms with Crippen LogP contribution in [0.2, 0.25) is 5.02 Å². The van der Waals surface area contributed by atoms with Gasteiger partial charge in [0.15, 0.2) is 23.0 Å². The summed E-state index contributed by atoms with van der Waals surface area (Å²) in [6.07, 6.45) is 0. The lowest BCUT2D eigenvalue weighted by Crippen LogP contribution is -2.44. The largest absolute Gasteiger partial charge is 0.495 e. The number of carbonyl (C=O) groups excluding carboxylic acids is 2. The summed E-state index contributed by atoms with van der Waals surface area (Å²) in [5.74, 6) is 0.717. The molecule has 0 saturated heterocycles. The number of rotatable bonds is 8. The summed E-state index contributed by atoms with van der Waals surface area (Å²) in [7, 11) is 9.22. The van der Waals surface area contributed by atoms with Gasteiger partial charge in [-0.1, -0.05) is 17.7 Å². The van der Waals surface area contributed by atoms with Gasteiger partial charge < -0.3 is 33.9 Å². The van der Waals surface area contributed by atoms with E-state index in [4.69, 9.17) is 35.3 Å². The topological polar surface area (TPSA) is 95.6 Å². The molecule has 0 fully saturated rings. The van der Waals surface area contributed by atoms with Crippen molar-refractivity contribution in [3.63, 3.8) is 0 Å². The maximum atomic E-state index is 14.1. The van der Waals surface area contributed by atoms with E-state index < -0.39 is 12.0 Å². The third kappa shape index (κ3) is 4.77. The van der Waals surface area contributed by atoms with Crippen LogP contribution in [-0.4, -0.2) is 59.3 Å². The number of ether oxygens (including phenoxy) is 5. The summed E-state index contributed by atoms with van der Waals surface area (Å²) in [6.45, 7) is 0. The van der Waals surface area contributed by atoms with Gasteiger partial charge in [-0.2, -0.15) is 0 Å². The molecule has 38 heavy (non-hydrogen) atoms. The molecule has 200 valence electrons. The Bertz CT molecular complexity index is 1380. The van der Waals surface area contributed by atoms with Crippen molar-refractivity contribution >= 4 is 29.1 Å². The van der Waals surface area contributed by atoms with E-state index in [-0.39, 0.29) is 11.8 Å². The third-order valence-corrected chi connectivity index (χ3v) is 6.86. The molecule has 4 rings (SSSR count). The standard InChI is InChI=1S/C28H29ClN2O7/c1-31-26(15-7-9-21(35-3)22(11-15)36-4)25(27(32)30-19-12-16(29)8-10-20(19)34-2)17-13-23(37-5)24(38-6)14-18(17)28(31)33/h7-14,25-26H,1-6H3,(H,30,32)/t25-,26+/m1/s1. The highest BCUT2D eigenvalue weighted by molar-refractivity contribution is 6.31. The maximum absolute atomic E-state index is 14.1. The Hall–Kier alpha value is -4.11. The summed E-state index contributed by atoms with van der Waals surface area (Å²) in [4.78, 5) is 29.3. The van der Waals surface area contributed by atoms with E-state index >= 15 is 0 Å². The molecule has 3 aromatic carbocycles. The number of nitrogens with zero attached hydrogens (tertiary/aromatic N) is 1. The molecular weight excluding hydrogens is 512 g/mol. The number of hydrogen-bond donors (Lipinski definition) is 1. The average Bonchev–Trinajstić information content (AvgIpc) is 2.93. The van der Waals surface area contributed by atoms with E-state index in [1.165, 1.54) is 33.3 Å². The fraction of sp³-hybridized carbons (Fsp3) is 0.286. The second-order valence-electron chi connectivity index (χ2n) is 8.58. The van der Waals surface area contributed by atoms with Gasteiger partial charge in [0.1, 0.15) is 5.75 Å². The number of benzene rings is 3. The van der Waals surface area contributed by atoms with Crippen molar-refractivity contribution in [2.45, 2.75) is 12.0 Å². The predicted molar refractivity (Wildman–Crippen MR) is 143 cm³/mol. The van der Waals surface area contributed by atoms with Crippen molar-refractivity contribution in [2.75, 3.05) is 47.9 Å². The van der Waals surface area contributed by atoms with E-state index in [9.17, 15) is 9.59 Å². The fourth-order valence-corrected chi connectivity index (χ4v) is 4.95. The van der Waals surface area contributed by atoms with E-state index in [1.807, 2.05) is 6.07 Å². The molecule has 2 amide bonds. The summed E-state index contributed by atoms with van der Waals surface area (Å²) in [5, 5.41) is 3.38. The Morgan fingerprint density at radius 2 is 1.37 bits per heavy atom. The highest BCUT2D eigenvalue weighted by Crippen LogP contribution is 2.47. The lowest BCUT2D eigenvalue weighted by Gasteiger charge is -2.40. The van der Waals surface area contributed by atoms with Crippen molar-refractivity contribution in [3.8, 4) is 28.7 Å². The molecule has 2 atom stereocenters. The first kappa shape index (κ1) is 26.9. The van der Waals surface area contributed by atoms with Gasteiger partial charge in [0, 0.05) is 17.6 Å². The lowest BCUT2D eigenvalue weighted by atomic mass is 9.79. The van der Waals surface area contributed by atoms with Crippen molar-refractivity contribution in [1.29, 1.82) is 0 Å². The van der Waals surface area contributed by atoms with Crippen LogP contribution in [0.3, 0.4) is 0 Å². The third-order valence-electron chi connectivity index (χ3n) is 6.63. The quantitative estimate of drug-likeness (QED) is 0.432. The van der Waals surface area contributed by atoms with Crippen molar-refractivity contribution < 1.29 is 33.3 Å². The zero-order valence-corrected chi connectivity index (χ0v) is 22.7. The molecule has 0 bridgehead atoms. The van der Waals surface area contributed by atoms with Crippen molar-refractivity contribution in [1.82, 2.24) is 4.90 Å². The van der Waals surface area contributed by atoms with Crippen LogP contribution in [0, 0.1) is 0 Å². The van der Waals surface area contributed by atoms with Crippen LogP contribution in [0.5, 0.6) is 28.7 Å². The first-order valence-electron chi connectivity index (χ1n) is 11.7. The zero-order valence-electron chi connectivity index (χ0n) is 22.0. The Morgan fingerprint density at radius 3 is 2.00 bits per heavy atom. The van der Waals surface area contributed by atoms with Crippen molar-refractivity contribution in [3.05, 3.63) is 70.2 Å². The summed E-state index contributed by atoms with van der Waals surface area (Å²) < 4.78 is 27.3. The average molecular weight is 541 g/mol. The number of anilines is 1. The first-order valence-corrected chi connectivity index (χ1v) is 12.0. The summed E-state index contributed by atoms with van der Waals surface area (Å²) in [6, 6.07) is 12.8.